The second-order valence-corrected chi connectivity index (χ2v) is 12.8. The van der Waals surface area contributed by atoms with Crippen molar-refractivity contribution in [3.8, 4) is 0 Å². The number of hydrogen-bond acceptors (Lipinski definition) is 2. The summed E-state index contributed by atoms with van der Waals surface area (Å²) in [5, 5.41) is 21.4. The molecule has 4 saturated carbocycles. The van der Waals surface area contributed by atoms with Gasteiger partial charge in [0.15, 0.2) is 0 Å². The Kier molecular flexibility index (Phi) is 6.19. The predicted molar refractivity (Wildman–Crippen MR) is 120 cm³/mol. The summed E-state index contributed by atoms with van der Waals surface area (Å²) in [6.07, 6.45) is 13.3. The zero-order chi connectivity index (χ0) is 21.0. The average Bonchev–Trinajstić information content (AvgIpc) is 3.00. The molecular formula is C27H48O2. The summed E-state index contributed by atoms with van der Waals surface area (Å²) < 4.78 is 0. The van der Waals surface area contributed by atoms with Gasteiger partial charge in [-0.3, -0.25) is 0 Å². The molecule has 0 aliphatic heterocycles. The molecule has 0 aromatic carbocycles. The van der Waals surface area contributed by atoms with E-state index in [0.717, 1.165) is 55.3 Å². The maximum Gasteiger partial charge on any atom is 0.0577 e. The molecule has 10 atom stereocenters. The summed E-state index contributed by atoms with van der Waals surface area (Å²) in [5.41, 5.74) is 0.749. The van der Waals surface area contributed by atoms with Gasteiger partial charge in [-0.15, -0.1) is 0 Å². The molecule has 4 fully saturated rings. The Morgan fingerprint density at radius 2 is 1.48 bits per heavy atom. The molecule has 0 aromatic heterocycles. The molecule has 2 nitrogen and oxygen atoms in total. The van der Waals surface area contributed by atoms with Crippen LogP contribution in [0.25, 0.3) is 0 Å². The standard InChI is InChI=1S/C27H48O2/c1-17(2)7-6-8-18(3)21-9-10-22-20-16-25(29)24-15-19(28)11-13-27(24,5)23(20)12-14-26(21,22)4/h17-25,28-29H,6-16H2,1-5H3/t18-,19+,20+,21+,22+,23+,24-,25+,26-,27-/m1/s1. The van der Waals surface area contributed by atoms with E-state index in [1.807, 2.05) is 0 Å². The molecule has 0 amide bonds. The third-order valence-electron chi connectivity index (χ3n) is 10.9. The molecule has 0 saturated heterocycles. The zero-order valence-electron chi connectivity index (χ0n) is 19.9. The van der Waals surface area contributed by atoms with Gasteiger partial charge >= 0.3 is 0 Å². The largest absolute Gasteiger partial charge is 0.393 e. The normalized spacial score (nSPS) is 50.7. The summed E-state index contributed by atoms with van der Waals surface area (Å²) in [6.45, 7) is 12.4. The summed E-state index contributed by atoms with van der Waals surface area (Å²) in [5.74, 6) is 5.20. The molecule has 2 N–H and O–H groups in total. The van der Waals surface area contributed by atoms with Gasteiger partial charge in [0.25, 0.3) is 0 Å². The molecule has 4 rings (SSSR count). The Balaban J connectivity index is 1.50. The highest BCUT2D eigenvalue weighted by molar-refractivity contribution is 5.11. The first-order valence-corrected chi connectivity index (χ1v) is 13.0. The van der Waals surface area contributed by atoms with Crippen molar-refractivity contribution in [1.29, 1.82) is 0 Å². The van der Waals surface area contributed by atoms with Crippen molar-refractivity contribution in [2.24, 2.45) is 52.3 Å². The lowest BCUT2D eigenvalue weighted by atomic mass is 9.44. The molecule has 4 aliphatic carbocycles. The van der Waals surface area contributed by atoms with Crippen LogP contribution in [-0.4, -0.2) is 22.4 Å². The van der Waals surface area contributed by atoms with Crippen LogP contribution in [0.4, 0.5) is 0 Å². The first-order chi connectivity index (χ1) is 13.7. The molecule has 168 valence electrons. The summed E-state index contributed by atoms with van der Waals surface area (Å²) in [4.78, 5) is 0. The molecule has 0 unspecified atom stereocenters. The lowest BCUT2D eigenvalue weighted by Gasteiger charge is -2.62. The number of aliphatic hydroxyl groups excluding tert-OH is 2. The molecule has 0 bridgehead atoms. The summed E-state index contributed by atoms with van der Waals surface area (Å²) in [6, 6.07) is 0. The van der Waals surface area contributed by atoms with Crippen LogP contribution in [0.1, 0.15) is 105 Å². The quantitative estimate of drug-likeness (QED) is 0.553. The van der Waals surface area contributed by atoms with Gasteiger partial charge in [-0.2, -0.15) is 0 Å². The third kappa shape index (κ3) is 3.73. The highest BCUT2D eigenvalue weighted by atomic mass is 16.3. The van der Waals surface area contributed by atoms with E-state index in [0.29, 0.717) is 17.3 Å². The van der Waals surface area contributed by atoms with E-state index in [4.69, 9.17) is 0 Å². The van der Waals surface area contributed by atoms with Gasteiger partial charge in [0.05, 0.1) is 12.2 Å². The van der Waals surface area contributed by atoms with Crippen molar-refractivity contribution >= 4 is 0 Å². The van der Waals surface area contributed by atoms with Crippen molar-refractivity contribution < 1.29 is 10.2 Å². The van der Waals surface area contributed by atoms with Gasteiger partial charge in [-0.1, -0.05) is 53.9 Å². The van der Waals surface area contributed by atoms with Crippen LogP contribution in [0.3, 0.4) is 0 Å². The molecule has 4 aliphatic rings. The average molecular weight is 405 g/mol. The van der Waals surface area contributed by atoms with Crippen molar-refractivity contribution in [1.82, 2.24) is 0 Å². The molecule has 0 spiro atoms. The fourth-order valence-corrected chi connectivity index (χ4v) is 9.30. The Labute approximate surface area is 180 Å². The number of fused-ring (bicyclic) bond motifs is 5. The number of aliphatic hydroxyl groups is 2. The lowest BCUT2D eigenvalue weighted by molar-refractivity contribution is -0.172. The summed E-state index contributed by atoms with van der Waals surface area (Å²) in [7, 11) is 0. The minimum atomic E-state index is -0.193. The molecule has 0 heterocycles. The first kappa shape index (κ1) is 22.1. The maximum atomic E-state index is 11.2. The van der Waals surface area contributed by atoms with Crippen LogP contribution in [0.5, 0.6) is 0 Å². The fraction of sp³-hybridized carbons (Fsp3) is 1.00. The van der Waals surface area contributed by atoms with Gasteiger partial charge in [0.1, 0.15) is 0 Å². The predicted octanol–water partition coefficient (Wildman–Crippen LogP) is 6.44. The van der Waals surface area contributed by atoms with Crippen LogP contribution in [0.15, 0.2) is 0 Å². The smallest absolute Gasteiger partial charge is 0.0577 e. The van der Waals surface area contributed by atoms with Crippen molar-refractivity contribution in [2.75, 3.05) is 0 Å². The van der Waals surface area contributed by atoms with Gasteiger partial charge in [0, 0.05) is 0 Å². The Bertz CT molecular complexity index is 573. The molecule has 2 heteroatoms. The zero-order valence-corrected chi connectivity index (χ0v) is 19.9. The Hall–Kier alpha value is -0.0800. The van der Waals surface area contributed by atoms with E-state index in [-0.39, 0.29) is 17.6 Å². The summed E-state index contributed by atoms with van der Waals surface area (Å²) >= 11 is 0. The van der Waals surface area contributed by atoms with Crippen molar-refractivity contribution in [2.45, 2.75) is 117 Å². The van der Waals surface area contributed by atoms with E-state index in [2.05, 4.69) is 34.6 Å². The van der Waals surface area contributed by atoms with E-state index in [1.54, 1.807) is 0 Å². The topological polar surface area (TPSA) is 40.5 Å². The van der Waals surface area contributed by atoms with Crippen LogP contribution < -0.4 is 0 Å². The first-order valence-electron chi connectivity index (χ1n) is 13.0. The monoisotopic (exact) mass is 404 g/mol. The second-order valence-electron chi connectivity index (χ2n) is 12.8. The molecule has 0 radical (unpaired) electrons. The number of hydrogen-bond donors (Lipinski definition) is 2. The second kappa shape index (κ2) is 8.12. The fourth-order valence-electron chi connectivity index (χ4n) is 9.30. The molecule has 29 heavy (non-hydrogen) atoms. The van der Waals surface area contributed by atoms with Crippen LogP contribution >= 0.6 is 0 Å². The van der Waals surface area contributed by atoms with Crippen LogP contribution in [0, 0.1) is 52.3 Å². The SMILES string of the molecule is CC(C)CCC[C@@H](C)[C@@H]1CC[C@H]2[C@@H]3C[C@H](O)[C@H]4C[C@@H](O)CC[C@]4(C)[C@H]3CC[C@@]21C. The third-order valence-corrected chi connectivity index (χ3v) is 10.9. The highest BCUT2D eigenvalue weighted by Crippen LogP contribution is 2.68. The van der Waals surface area contributed by atoms with Crippen LogP contribution in [0.2, 0.25) is 0 Å². The van der Waals surface area contributed by atoms with Crippen molar-refractivity contribution in [3.05, 3.63) is 0 Å². The minimum Gasteiger partial charge on any atom is -0.393 e. The lowest BCUT2D eigenvalue weighted by Crippen LogP contribution is -2.58. The Morgan fingerprint density at radius 3 is 2.21 bits per heavy atom. The Morgan fingerprint density at radius 1 is 0.793 bits per heavy atom. The van der Waals surface area contributed by atoms with Gasteiger partial charge < -0.3 is 10.2 Å². The van der Waals surface area contributed by atoms with E-state index < -0.39 is 0 Å². The van der Waals surface area contributed by atoms with E-state index >= 15 is 0 Å². The van der Waals surface area contributed by atoms with Gasteiger partial charge in [-0.05, 0) is 104 Å². The van der Waals surface area contributed by atoms with Gasteiger partial charge in [0.2, 0.25) is 0 Å². The number of rotatable bonds is 5. The van der Waals surface area contributed by atoms with Crippen molar-refractivity contribution in [3.63, 3.8) is 0 Å². The van der Waals surface area contributed by atoms with Crippen LogP contribution in [-0.2, 0) is 0 Å². The van der Waals surface area contributed by atoms with Gasteiger partial charge in [-0.25, -0.2) is 0 Å². The van der Waals surface area contributed by atoms with E-state index in [9.17, 15) is 10.2 Å². The van der Waals surface area contributed by atoms with E-state index in [1.165, 1.54) is 44.9 Å². The highest BCUT2D eigenvalue weighted by Gasteiger charge is 2.62. The molecular weight excluding hydrogens is 356 g/mol. The maximum absolute atomic E-state index is 11.2. The minimum absolute atomic E-state index is 0.185. The molecule has 0 aromatic rings.